The summed E-state index contributed by atoms with van der Waals surface area (Å²) in [7, 11) is 3.89. The van der Waals surface area contributed by atoms with Gasteiger partial charge in [-0.25, -0.2) is 14.3 Å². The summed E-state index contributed by atoms with van der Waals surface area (Å²) in [5.41, 5.74) is 2.79. The second-order valence-electron chi connectivity index (χ2n) is 13.7. The van der Waals surface area contributed by atoms with Crippen molar-refractivity contribution in [1.82, 2.24) is 43.7 Å². The van der Waals surface area contributed by atoms with Gasteiger partial charge in [0, 0.05) is 45.1 Å². The lowest BCUT2D eigenvalue weighted by Crippen LogP contribution is -2.46. The number of hydrogen-bond donors (Lipinski definition) is 2. The summed E-state index contributed by atoms with van der Waals surface area (Å²) in [5.74, 6) is -1.27. The van der Waals surface area contributed by atoms with E-state index in [4.69, 9.17) is 0 Å². The summed E-state index contributed by atoms with van der Waals surface area (Å²) >= 11 is 0. The number of fused-ring (bicyclic) bond motifs is 2. The number of benzene rings is 1. The molecule has 15 nitrogen and oxygen atoms in total. The van der Waals surface area contributed by atoms with E-state index in [1.807, 2.05) is 25.1 Å². The van der Waals surface area contributed by atoms with Crippen molar-refractivity contribution in [2.75, 3.05) is 36.9 Å². The average molecular weight is 700 g/mol. The Morgan fingerprint density at radius 2 is 1.96 bits per heavy atom. The molecule has 2 fully saturated rings. The van der Waals surface area contributed by atoms with Crippen LogP contribution in [0.25, 0.3) is 16.7 Å². The van der Waals surface area contributed by atoms with Crippen LogP contribution in [-0.4, -0.2) is 89.4 Å². The molecular weight excluding hydrogens is 657 g/mol. The van der Waals surface area contributed by atoms with Crippen LogP contribution < -0.4 is 21.2 Å². The Morgan fingerprint density at radius 1 is 1.18 bits per heavy atom. The van der Waals surface area contributed by atoms with Gasteiger partial charge in [-0.2, -0.15) is 9.49 Å². The first kappa shape index (κ1) is 34.1. The summed E-state index contributed by atoms with van der Waals surface area (Å²) in [4.78, 5) is 59.0. The first-order chi connectivity index (χ1) is 24.7. The van der Waals surface area contributed by atoms with Crippen LogP contribution in [0.5, 0.6) is 0 Å². The van der Waals surface area contributed by atoms with Crippen molar-refractivity contribution in [1.29, 1.82) is 0 Å². The second kappa shape index (κ2) is 14.1. The number of aromatic nitrogens is 7. The second-order valence-corrected chi connectivity index (χ2v) is 13.7. The maximum Gasteiger partial charge on any atom is 0.329 e. The molecule has 5 heterocycles. The molecule has 51 heavy (non-hydrogen) atoms. The summed E-state index contributed by atoms with van der Waals surface area (Å²) in [6, 6.07) is 7.19. The minimum atomic E-state index is -0.778. The van der Waals surface area contributed by atoms with Crippen molar-refractivity contribution in [3.8, 4) is 0 Å². The van der Waals surface area contributed by atoms with Crippen molar-refractivity contribution in [2.45, 2.75) is 63.6 Å². The first-order valence-electron chi connectivity index (χ1n) is 17.4. The average Bonchev–Trinajstić information content (AvgIpc) is 3.78. The number of piperidine rings is 1. The molecule has 1 atom stereocenters. The highest BCUT2D eigenvalue weighted by Crippen LogP contribution is 2.39. The molecular formula is C35H42FN11O4. The number of anilines is 2. The summed E-state index contributed by atoms with van der Waals surface area (Å²) in [6.07, 6.45) is 11.3. The summed E-state index contributed by atoms with van der Waals surface area (Å²) in [6.45, 7) is 4.50. The number of rotatable bonds is 12. The van der Waals surface area contributed by atoms with Gasteiger partial charge in [-0.3, -0.25) is 33.5 Å². The Kier molecular flexibility index (Phi) is 9.42. The number of nitrogens with zero attached hydrogens (tertiary/aromatic N) is 9. The van der Waals surface area contributed by atoms with Gasteiger partial charge in [0.2, 0.25) is 12.3 Å². The molecule has 0 spiro atoms. The minimum Gasteiger partial charge on any atom is -0.370 e. The number of halogens is 1. The fourth-order valence-corrected chi connectivity index (χ4v) is 7.77. The maximum atomic E-state index is 14.8. The number of nitrogens with one attached hydrogen (secondary N) is 2. The highest BCUT2D eigenvalue weighted by molar-refractivity contribution is 6.08. The zero-order valence-electron chi connectivity index (χ0n) is 28.9. The maximum absolute atomic E-state index is 14.8. The zero-order chi connectivity index (χ0) is 35.8. The zero-order valence-corrected chi connectivity index (χ0v) is 28.9. The molecule has 5 aromatic rings. The Morgan fingerprint density at radius 3 is 2.71 bits per heavy atom. The van der Waals surface area contributed by atoms with Crippen LogP contribution in [-0.2, 0) is 16.6 Å². The van der Waals surface area contributed by atoms with Gasteiger partial charge in [0.05, 0.1) is 35.2 Å². The molecule has 1 aromatic carbocycles. The van der Waals surface area contributed by atoms with Crippen LogP contribution in [0.15, 0.2) is 53.8 Å². The van der Waals surface area contributed by atoms with Crippen LogP contribution in [0.2, 0.25) is 0 Å². The molecule has 1 saturated heterocycles. The molecule has 2 aliphatic rings. The van der Waals surface area contributed by atoms with Crippen LogP contribution in [0.1, 0.15) is 67.9 Å². The van der Waals surface area contributed by atoms with Crippen molar-refractivity contribution < 1.29 is 18.8 Å². The SMILES string of the molecule is CCCC(C(=O)NC=O)n1c(=O)n(C)c2c(N3CCC(N(C)CC4CC(n5cc(NC(=O)c6cnn7cccnc67)c(F)n5)C4)CC3)cccc21. The number of carbonyl (C=O) groups is 3. The number of para-hydroxylation sites is 1. The minimum absolute atomic E-state index is 0.0270. The molecule has 0 radical (unpaired) electrons. The van der Waals surface area contributed by atoms with Gasteiger partial charge in [0.15, 0.2) is 5.65 Å². The number of aryl methyl sites for hydroxylation is 1. The van der Waals surface area contributed by atoms with Gasteiger partial charge >= 0.3 is 5.69 Å². The molecule has 1 saturated carbocycles. The predicted molar refractivity (Wildman–Crippen MR) is 188 cm³/mol. The molecule has 0 bridgehead atoms. The molecule has 1 aliphatic heterocycles. The van der Waals surface area contributed by atoms with E-state index in [1.165, 1.54) is 15.3 Å². The fraction of sp³-hybridized carbons (Fsp3) is 0.457. The van der Waals surface area contributed by atoms with Gasteiger partial charge in [-0.05, 0) is 63.3 Å². The van der Waals surface area contributed by atoms with Gasteiger partial charge in [-0.1, -0.05) is 19.4 Å². The topological polar surface area (TPSA) is 157 Å². The fourth-order valence-electron chi connectivity index (χ4n) is 7.77. The molecule has 4 aromatic heterocycles. The van der Waals surface area contributed by atoms with E-state index >= 15 is 0 Å². The van der Waals surface area contributed by atoms with Crippen molar-refractivity contribution in [3.63, 3.8) is 0 Å². The molecule has 7 rings (SSSR count). The lowest BCUT2D eigenvalue weighted by Gasteiger charge is -2.42. The third-order valence-corrected chi connectivity index (χ3v) is 10.5. The smallest absolute Gasteiger partial charge is 0.329 e. The normalized spacial score (nSPS) is 18.6. The molecule has 1 aliphatic carbocycles. The van der Waals surface area contributed by atoms with Crippen molar-refractivity contribution in [2.24, 2.45) is 13.0 Å². The van der Waals surface area contributed by atoms with Crippen molar-refractivity contribution >= 4 is 46.3 Å². The molecule has 3 amide bonds. The quantitative estimate of drug-likeness (QED) is 0.187. The standard InChI is InChI=1S/C35H42FN11O4/c1-4-7-29(34(50)38-21-48)47-28-9-5-8-27(30(28)43(3)35(47)51)44-14-10-23(11-15-44)42(2)19-22-16-24(17-22)46-20-26(31(36)41-46)40-33(49)25-18-39-45-13-6-12-37-32(25)45/h5-6,8-9,12-13,18,20-24,29H,4,7,10-11,14-17,19H2,1-3H3,(H,40,49)(H,38,48,50). The highest BCUT2D eigenvalue weighted by Gasteiger charge is 2.35. The first-order valence-corrected chi connectivity index (χ1v) is 17.4. The van der Waals surface area contributed by atoms with Crippen LogP contribution in [0.4, 0.5) is 15.8 Å². The monoisotopic (exact) mass is 699 g/mol. The Hall–Kier alpha value is -5.38. The van der Waals surface area contributed by atoms with Crippen molar-refractivity contribution in [3.05, 3.63) is 71.0 Å². The molecule has 268 valence electrons. The highest BCUT2D eigenvalue weighted by atomic mass is 19.1. The summed E-state index contributed by atoms with van der Waals surface area (Å²) < 4.78 is 21.0. The number of hydrogen-bond acceptors (Lipinski definition) is 9. The Balaban J connectivity index is 0.943. The van der Waals surface area contributed by atoms with Crippen LogP contribution in [0, 0.1) is 11.9 Å². The lowest BCUT2D eigenvalue weighted by molar-refractivity contribution is -0.128. The van der Waals surface area contributed by atoms with Gasteiger partial charge in [0.1, 0.15) is 17.3 Å². The van der Waals surface area contributed by atoms with E-state index in [1.54, 1.807) is 41.0 Å². The Labute approximate surface area is 293 Å². The van der Waals surface area contributed by atoms with Crippen LogP contribution >= 0.6 is 0 Å². The van der Waals surface area contributed by atoms with E-state index < -0.39 is 23.8 Å². The third kappa shape index (κ3) is 6.39. The Bertz CT molecular complexity index is 2140. The molecule has 16 heteroatoms. The van der Waals surface area contributed by atoms with E-state index in [0.29, 0.717) is 42.4 Å². The van der Waals surface area contributed by atoms with E-state index in [-0.39, 0.29) is 23.0 Å². The molecule has 1 unspecified atom stereocenters. The lowest BCUT2D eigenvalue weighted by atomic mass is 9.79. The number of imide groups is 1. The number of carbonyl (C=O) groups excluding carboxylic acids is 3. The van der Waals surface area contributed by atoms with Crippen LogP contribution in [0.3, 0.4) is 0 Å². The van der Waals surface area contributed by atoms with Gasteiger partial charge in [-0.15, -0.1) is 5.10 Å². The predicted octanol–water partition coefficient (Wildman–Crippen LogP) is 3.14. The van der Waals surface area contributed by atoms with E-state index in [2.05, 4.69) is 42.7 Å². The number of amides is 3. The van der Waals surface area contributed by atoms with E-state index in [9.17, 15) is 23.6 Å². The van der Waals surface area contributed by atoms with E-state index in [0.717, 1.165) is 56.5 Å². The molecule has 2 N–H and O–H groups in total. The van der Waals surface area contributed by atoms with Gasteiger partial charge in [0.25, 0.3) is 11.9 Å². The largest absolute Gasteiger partial charge is 0.370 e. The summed E-state index contributed by atoms with van der Waals surface area (Å²) in [5, 5.41) is 13.0. The number of imidazole rings is 1. The third-order valence-electron chi connectivity index (χ3n) is 10.5. The van der Waals surface area contributed by atoms with Gasteiger partial charge < -0.3 is 15.1 Å².